The van der Waals surface area contributed by atoms with E-state index in [1.54, 1.807) is 31.3 Å². The summed E-state index contributed by atoms with van der Waals surface area (Å²) in [7, 11) is 3.67. The molecule has 0 heterocycles. The van der Waals surface area contributed by atoms with Crippen molar-refractivity contribution >= 4 is 29.9 Å². The van der Waals surface area contributed by atoms with Crippen LogP contribution >= 0.6 is 24.0 Å². The lowest BCUT2D eigenvalue weighted by atomic mass is 10.2. The molecule has 1 fully saturated rings. The average Bonchev–Trinajstić information content (AvgIpc) is 3.40. The molecule has 1 aliphatic rings. The largest absolute Gasteiger partial charge is 0.435 e. The standard InChI is InChI=1S/C18H27F2N3O2.HI/c1-21-18(22-10-3-11-24-13-15-4-5-15)23(2)12-14-6-8-16(9-7-14)25-17(19)20;/h6-9,15,17H,3-5,10-13H2,1-2H3,(H,21,22);1H. The van der Waals surface area contributed by atoms with Gasteiger partial charge in [0.2, 0.25) is 0 Å². The predicted molar refractivity (Wildman–Crippen MR) is 109 cm³/mol. The number of hydrogen-bond donors (Lipinski definition) is 1. The molecule has 0 bridgehead atoms. The molecule has 0 atom stereocenters. The molecule has 1 N–H and O–H groups in total. The summed E-state index contributed by atoms with van der Waals surface area (Å²) in [6, 6.07) is 6.63. The summed E-state index contributed by atoms with van der Waals surface area (Å²) >= 11 is 0. The number of nitrogens with zero attached hydrogens (tertiary/aromatic N) is 2. The first-order chi connectivity index (χ1) is 12.1. The van der Waals surface area contributed by atoms with E-state index in [0.717, 1.165) is 43.6 Å². The van der Waals surface area contributed by atoms with Crippen molar-refractivity contribution in [2.24, 2.45) is 10.9 Å². The number of rotatable bonds is 10. The van der Waals surface area contributed by atoms with E-state index in [1.165, 1.54) is 12.8 Å². The SMILES string of the molecule is CN=C(NCCCOCC1CC1)N(C)Cc1ccc(OC(F)F)cc1.I. The van der Waals surface area contributed by atoms with Gasteiger partial charge in [-0.25, -0.2) is 0 Å². The van der Waals surface area contributed by atoms with Gasteiger partial charge in [0.05, 0.1) is 0 Å². The Morgan fingerprint density at radius 3 is 2.58 bits per heavy atom. The molecule has 2 rings (SSSR count). The summed E-state index contributed by atoms with van der Waals surface area (Å²) in [5, 5.41) is 3.30. The van der Waals surface area contributed by atoms with Gasteiger partial charge in [0.15, 0.2) is 5.96 Å². The summed E-state index contributed by atoms with van der Waals surface area (Å²) in [6.07, 6.45) is 3.55. The van der Waals surface area contributed by atoms with Gasteiger partial charge in [-0.3, -0.25) is 4.99 Å². The molecule has 1 aromatic rings. The highest BCUT2D eigenvalue weighted by atomic mass is 127. The molecule has 0 spiro atoms. The van der Waals surface area contributed by atoms with Gasteiger partial charge in [-0.1, -0.05) is 12.1 Å². The Morgan fingerprint density at radius 1 is 1.31 bits per heavy atom. The van der Waals surface area contributed by atoms with Gasteiger partial charge in [-0.15, -0.1) is 24.0 Å². The number of halogens is 3. The zero-order chi connectivity index (χ0) is 18.1. The summed E-state index contributed by atoms with van der Waals surface area (Å²) in [5.74, 6) is 1.74. The first kappa shape index (κ1) is 22.9. The normalized spacial score (nSPS) is 14.1. The maximum absolute atomic E-state index is 12.2. The van der Waals surface area contributed by atoms with Crippen LogP contribution in [0.25, 0.3) is 0 Å². The molecule has 1 saturated carbocycles. The molecule has 0 amide bonds. The summed E-state index contributed by atoms with van der Waals surface area (Å²) < 4.78 is 34.3. The second-order valence-electron chi connectivity index (χ2n) is 6.22. The van der Waals surface area contributed by atoms with Crippen molar-refractivity contribution in [3.05, 3.63) is 29.8 Å². The lowest BCUT2D eigenvalue weighted by Crippen LogP contribution is -2.39. The summed E-state index contributed by atoms with van der Waals surface area (Å²) in [5.41, 5.74) is 0.986. The first-order valence-electron chi connectivity index (χ1n) is 8.61. The van der Waals surface area contributed by atoms with Gasteiger partial charge in [-0.05, 0) is 42.9 Å². The van der Waals surface area contributed by atoms with Crippen LogP contribution in [0.4, 0.5) is 8.78 Å². The van der Waals surface area contributed by atoms with Crippen LogP contribution in [0.1, 0.15) is 24.8 Å². The minimum atomic E-state index is -2.80. The highest BCUT2D eigenvalue weighted by molar-refractivity contribution is 14.0. The molecule has 26 heavy (non-hydrogen) atoms. The first-order valence-corrected chi connectivity index (χ1v) is 8.61. The lowest BCUT2D eigenvalue weighted by molar-refractivity contribution is -0.0498. The van der Waals surface area contributed by atoms with Crippen LogP contribution in [0.5, 0.6) is 5.75 Å². The van der Waals surface area contributed by atoms with E-state index in [9.17, 15) is 8.78 Å². The van der Waals surface area contributed by atoms with Crippen LogP contribution in [0.15, 0.2) is 29.3 Å². The fourth-order valence-electron chi connectivity index (χ4n) is 2.42. The Bertz CT molecular complexity index is 540. The van der Waals surface area contributed by atoms with Crippen LogP contribution in [0, 0.1) is 5.92 Å². The van der Waals surface area contributed by atoms with Crippen molar-refractivity contribution < 1.29 is 18.3 Å². The van der Waals surface area contributed by atoms with E-state index in [0.29, 0.717) is 6.54 Å². The Balaban J connectivity index is 0.00000338. The van der Waals surface area contributed by atoms with Crippen molar-refractivity contribution in [3.63, 3.8) is 0 Å². The zero-order valence-corrected chi connectivity index (χ0v) is 17.6. The molecule has 0 saturated heterocycles. The van der Waals surface area contributed by atoms with Crippen molar-refractivity contribution in [3.8, 4) is 5.75 Å². The molecule has 0 radical (unpaired) electrons. The molecule has 148 valence electrons. The molecule has 0 aromatic heterocycles. The smallest absolute Gasteiger partial charge is 0.387 e. The monoisotopic (exact) mass is 483 g/mol. The molecule has 1 aliphatic carbocycles. The summed E-state index contributed by atoms with van der Waals surface area (Å²) in [4.78, 5) is 6.24. The van der Waals surface area contributed by atoms with Crippen molar-refractivity contribution in [2.45, 2.75) is 32.4 Å². The lowest BCUT2D eigenvalue weighted by Gasteiger charge is -2.22. The van der Waals surface area contributed by atoms with Gasteiger partial charge in [0.1, 0.15) is 5.75 Å². The zero-order valence-electron chi connectivity index (χ0n) is 15.3. The fourth-order valence-corrected chi connectivity index (χ4v) is 2.42. The highest BCUT2D eigenvalue weighted by Gasteiger charge is 2.20. The number of benzene rings is 1. The van der Waals surface area contributed by atoms with Crippen LogP contribution in [-0.4, -0.2) is 51.3 Å². The maximum atomic E-state index is 12.2. The van der Waals surface area contributed by atoms with E-state index in [2.05, 4.69) is 15.0 Å². The predicted octanol–water partition coefficient (Wildman–Crippen LogP) is 3.73. The molecule has 0 aliphatic heterocycles. The van der Waals surface area contributed by atoms with Crippen LogP contribution < -0.4 is 10.1 Å². The van der Waals surface area contributed by atoms with Crippen molar-refractivity contribution in [1.29, 1.82) is 0 Å². The highest BCUT2D eigenvalue weighted by Crippen LogP contribution is 2.28. The van der Waals surface area contributed by atoms with Crippen LogP contribution in [0.2, 0.25) is 0 Å². The van der Waals surface area contributed by atoms with Crippen LogP contribution in [-0.2, 0) is 11.3 Å². The Kier molecular flexibility index (Phi) is 10.8. The van der Waals surface area contributed by atoms with Gasteiger partial charge < -0.3 is 19.7 Å². The summed E-state index contributed by atoms with van der Waals surface area (Å²) in [6.45, 7) is 0.260. The maximum Gasteiger partial charge on any atom is 0.387 e. The number of guanidine groups is 1. The molecule has 0 unspecified atom stereocenters. The number of hydrogen-bond acceptors (Lipinski definition) is 3. The number of nitrogens with one attached hydrogen (secondary N) is 1. The minimum absolute atomic E-state index is 0. The Morgan fingerprint density at radius 2 is 2.00 bits per heavy atom. The number of aliphatic imine (C=N–C) groups is 1. The third kappa shape index (κ3) is 8.98. The number of alkyl halides is 2. The van der Waals surface area contributed by atoms with E-state index in [4.69, 9.17) is 4.74 Å². The van der Waals surface area contributed by atoms with Gasteiger partial charge in [0.25, 0.3) is 0 Å². The third-order valence-electron chi connectivity index (χ3n) is 3.94. The van der Waals surface area contributed by atoms with E-state index in [-0.39, 0.29) is 29.7 Å². The van der Waals surface area contributed by atoms with Crippen LogP contribution in [0.3, 0.4) is 0 Å². The topological polar surface area (TPSA) is 46.1 Å². The van der Waals surface area contributed by atoms with Gasteiger partial charge >= 0.3 is 6.61 Å². The van der Waals surface area contributed by atoms with E-state index in [1.807, 2.05) is 11.9 Å². The Hall–Kier alpha value is -1.16. The second-order valence-corrected chi connectivity index (χ2v) is 6.22. The molecule has 1 aromatic carbocycles. The number of ether oxygens (including phenoxy) is 2. The molecular weight excluding hydrogens is 455 g/mol. The van der Waals surface area contributed by atoms with Crippen molar-refractivity contribution in [1.82, 2.24) is 10.2 Å². The third-order valence-corrected chi connectivity index (χ3v) is 3.94. The second kappa shape index (κ2) is 12.3. The minimum Gasteiger partial charge on any atom is -0.435 e. The Labute approximate surface area is 171 Å². The average molecular weight is 483 g/mol. The molecule has 5 nitrogen and oxygen atoms in total. The van der Waals surface area contributed by atoms with Gasteiger partial charge in [0, 0.05) is 40.4 Å². The van der Waals surface area contributed by atoms with Crippen molar-refractivity contribution in [2.75, 3.05) is 33.9 Å². The molecule has 8 heteroatoms. The molecular formula is C18H28F2IN3O2. The van der Waals surface area contributed by atoms with E-state index < -0.39 is 6.61 Å². The quantitative estimate of drug-likeness (QED) is 0.239. The van der Waals surface area contributed by atoms with E-state index >= 15 is 0 Å². The fraction of sp³-hybridized carbons (Fsp3) is 0.611. The van der Waals surface area contributed by atoms with Gasteiger partial charge in [-0.2, -0.15) is 8.78 Å².